The van der Waals surface area contributed by atoms with E-state index < -0.39 is 24.6 Å². The Balaban J connectivity index is 1.93. The molecule has 0 saturated carbocycles. The number of hydrogen-bond acceptors (Lipinski definition) is 3. The molecule has 3 N–H and O–H groups in total. The molecule has 0 aliphatic heterocycles. The zero-order valence-corrected chi connectivity index (χ0v) is 19.1. The van der Waals surface area contributed by atoms with Gasteiger partial charge in [-0.2, -0.15) is 0 Å². The van der Waals surface area contributed by atoms with Crippen LogP contribution in [0.25, 0.3) is 33.5 Å². The summed E-state index contributed by atoms with van der Waals surface area (Å²) in [7, 11) is 0. The molecule has 0 aliphatic carbocycles. The van der Waals surface area contributed by atoms with Gasteiger partial charge in [0, 0.05) is 34.8 Å². The molecule has 0 amide bonds. The molecule has 4 aromatic rings. The van der Waals surface area contributed by atoms with Gasteiger partial charge in [-0.05, 0) is 35.1 Å². The van der Waals surface area contributed by atoms with E-state index >= 15 is 0 Å². The number of carbonyl (C=O) groups is 1. The maximum absolute atomic E-state index is 13.8. The van der Waals surface area contributed by atoms with Crippen LogP contribution >= 0.6 is 0 Å². The number of carboxylic acid groups (broad SMARTS) is 1. The number of rotatable bonds is 8. The topological polar surface area (TPSA) is 82.2 Å². The summed E-state index contributed by atoms with van der Waals surface area (Å²) in [5, 5.41) is 31.4. The van der Waals surface area contributed by atoms with Crippen molar-refractivity contribution >= 4 is 28.3 Å². The van der Waals surface area contributed by atoms with E-state index in [9.17, 15) is 19.4 Å². The maximum atomic E-state index is 13.8. The average Bonchev–Trinajstić information content (AvgIpc) is 3.12. The summed E-state index contributed by atoms with van der Waals surface area (Å²) in [6, 6.07) is 16.5. The summed E-state index contributed by atoms with van der Waals surface area (Å²) in [4.78, 5) is 10.8. The summed E-state index contributed by atoms with van der Waals surface area (Å²) in [6.07, 6.45) is 2.78. The molecule has 4 rings (SSSR count). The normalized spacial score (nSPS) is 13.8. The molecule has 34 heavy (non-hydrogen) atoms. The molecule has 0 saturated heterocycles. The molecular weight excluding hydrogens is 433 g/mol. The molecule has 176 valence electrons. The standard InChI is InChI=1S/C28H28FNO4/c1-17(2)27-24(12-11-21(31)15-22(32)16-25(33)34)26(19-7-9-20(29)10-8-19)28-23-6-4-3-5-18(23)13-14-30(27)28/h3-14,17,21-22,31-32H,15-16H2,1-2H3,(H,33,34). The zero-order chi connectivity index (χ0) is 24.4. The summed E-state index contributed by atoms with van der Waals surface area (Å²) >= 11 is 0. The summed E-state index contributed by atoms with van der Waals surface area (Å²) < 4.78 is 15.9. The lowest BCUT2D eigenvalue weighted by atomic mass is 9.95. The number of halogens is 1. The second-order valence-corrected chi connectivity index (χ2v) is 8.87. The van der Waals surface area contributed by atoms with Crippen LogP contribution in [0.1, 0.15) is 43.9 Å². The van der Waals surface area contributed by atoms with Crippen molar-refractivity contribution in [1.29, 1.82) is 0 Å². The Labute approximate surface area is 197 Å². The number of pyridine rings is 1. The van der Waals surface area contributed by atoms with Crippen molar-refractivity contribution in [2.45, 2.75) is 44.8 Å². The van der Waals surface area contributed by atoms with Gasteiger partial charge in [0.15, 0.2) is 0 Å². The number of hydrogen-bond donors (Lipinski definition) is 3. The van der Waals surface area contributed by atoms with Crippen LogP contribution in [0.4, 0.5) is 4.39 Å². The first-order valence-corrected chi connectivity index (χ1v) is 11.3. The van der Waals surface area contributed by atoms with E-state index in [4.69, 9.17) is 5.11 Å². The van der Waals surface area contributed by atoms with Crippen LogP contribution in [0.5, 0.6) is 0 Å². The number of fused-ring (bicyclic) bond motifs is 3. The Morgan fingerprint density at radius 2 is 1.76 bits per heavy atom. The van der Waals surface area contributed by atoms with E-state index in [-0.39, 0.29) is 18.2 Å². The highest BCUT2D eigenvalue weighted by Crippen LogP contribution is 2.40. The molecular formula is C28H28FNO4. The quantitative estimate of drug-likeness (QED) is 0.318. The minimum Gasteiger partial charge on any atom is -0.481 e. The number of carboxylic acids is 1. The first kappa shape index (κ1) is 23.7. The molecule has 0 bridgehead atoms. The van der Waals surface area contributed by atoms with Crippen LogP contribution in [0, 0.1) is 5.82 Å². The van der Waals surface area contributed by atoms with Crippen LogP contribution in [0.3, 0.4) is 0 Å². The first-order valence-electron chi connectivity index (χ1n) is 11.3. The van der Waals surface area contributed by atoms with Gasteiger partial charge in [0.2, 0.25) is 0 Å². The number of aliphatic hydroxyl groups is 2. The van der Waals surface area contributed by atoms with Crippen molar-refractivity contribution in [3.05, 3.63) is 83.9 Å². The van der Waals surface area contributed by atoms with Gasteiger partial charge in [0.05, 0.1) is 24.1 Å². The van der Waals surface area contributed by atoms with Crippen LogP contribution in [0.2, 0.25) is 0 Å². The minimum absolute atomic E-state index is 0.0814. The maximum Gasteiger partial charge on any atom is 0.305 e. The number of aromatic nitrogens is 1. The highest BCUT2D eigenvalue weighted by Gasteiger charge is 2.22. The molecule has 2 aromatic carbocycles. The highest BCUT2D eigenvalue weighted by atomic mass is 19.1. The van der Waals surface area contributed by atoms with Gasteiger partial charge in [-0.25, -0.2) is 4.39 Å². The van der Waals surface area contributed by atoms with E-state index in [0.717, 1.165) is 38.7 Å². The molecule has 0 radical (unpaired) electrons. The van der Waals surface area contributed by atoms with Crippen molar-refractivity contribution in [1.82, 2.24) is 4.40 Å². The number of nitrogens with zero attached hydrogens (tertiary/aromatic N) is 1. The fourth-order valence-corrected chi connectivity index (χ4v) is 4.57. The van der Waals surface area contributed by atoms with Crippen LogP contribution in [0.15, 0.2) is 66.9 Å². The second-order valence-electron chi connectivity index (χ2n) is 8.87. The third-order valence-electron chi connectivity index (χ3n) is 5.99. The average molecular weight is 462 g/mol. The van der Waals surface area contributed by atoms with E-state index in [2.05, 4.69) is 36.4 Å². The van der Waals surface area contributed by atoms with Crippen molar-refractivity contribution in [2.75, 3.05) is 0 Å². The van der Waals surface area contributed by atoms with Gasteiger partial charge in [0.1, 0.15) is 5.82 Å². The fraction of sp³-hybridized carbons (Fsp3) is 0.250. The molecule has 0 spiro atoms. The van der Waals surface area contributed by atoms with Gasteiger partial charge in [-0.1, -0.05) is 62.4 Å². The van der Waals surface area contributed by atoms with E-state index in [1.54, 1.807) is 18.2 Å². The summed E-state index contributed by atoms with van der Waals surface area (Å²) in [5.41, 5.74) is 4.70. The largest absolute Gasteiger partial charge is 0.481 e. The van der Waals surface area contributed by atoms with Gasteiger partial charge in [0.25, 0.3) is 0 Å². The molecule has 2 aromatic heterocycles. The summed E-state index contributed by atoms with van der Waals surface area (Å²) in [6.45, 7) is 4.19. The lowest BCUT2D eigenvalue weighted by Crippen LogP contribution is -2.19. The predicted molar refractivity (Wildman–Crippen MR) is 132 cm³/mol. The van der Waals surface area contributed by atoms with Gasteiger partial charge in [-0.3, -0.25) is 4.79 Å². The Bertz CT molecular complexity index is 1350. The molecule has 5 nitrogen and oxygen atoms in total. The zero-order valence-electron chi connectivity index (χ0n) is 19.1. The predicted octanol–water partition coefficient (Wildman–Crippen LogP) is 5.62. The third kappa shape index (κ3) is 4.74. The molecule has 0 aliphatic rings. The Morgan fingerprint density at radius 1 is 1.06 bits per heavy atom. The number of aliphatic carboxylic acids is 1. The lowest BCUT2D eigenvalue weighted by molar-refractivity contribution is -0.139. The number of benzene rings is 2. The molecule has 2 unspecified atom stereocenters. The van der Waals surface area contributed by atoms with Crippen molar-refractivity contribution in [2.24, 2.45) is 0 Å². The Morgan fingerprint density at radius 3 is 2.44 bits per heavy atom. The van der Waals surface area contributed by atoms with E-state index in [1.807, 2.05) is 24.4 Å². The van der Waals surface area contributed by atoms with Crippen LogP contribution < -0.4 is 0 Å². The number of aliphatic hydroxyl groups excluding tert-OH is 2. The van der Waals surface area contributed by atoms with Crippen molar-refractivity contribution < 1.29 is 24.5 Å². The molecule has 2 heterocycles. The van der Waals surface area contributed by atoms with Crippen LogP contribution in [-0.2, 0) is 4.79 Å². The Kier molecular flexibility index (Phi) is 6.82. The molecule has 2 atom stereocenters. The second kappa shape index (κ2) is 9.79. The van der Waals surface area contributed by atoms with Crippen molar-refractivity contribution in [3.63, 3.8) is 0 Å². The molecule has 0 fully saturated rings. The monoisotopic (exact) mass is 461 g/mol. The lowest BCUT2D eigenvalue weighted by Gasteiger charge is -2.12. The minimum atomic E-state index is -1.14. The Hall–Kier alpha value is -3.48. The van der Waals surface area contributed by atoms with E-state index in [1.165, 1.54) is 12.1 Å². The van der Waals surface area contributed by atoms with Gasteiger partial charge >= 0.3 is 5.97 Å². The molecule has 6 heteroatoms. The first-order chi connectivity index (χ1) is 16.3. The SMILES string of the molecule is CC(C)c1c(C=CC(O)CC(O)CC(=O)O)c(-c2ccc(F)cc2)c2c3ccccc3ccn12. The highest BCUT2D eigenvalue weighted by molar-refractivity contribution is 6.06. The fourth-order valence-electron chi connectivity index (χ4n) is 4.57. The smallest absolute Gasteiger partial charge is 0.305 e. The summed E-state index contributed by atoms with van der Waals surface area (Å²) in [5.74, 6) is -1.30. The third-order valence-corrected chi connectivity index (χ3v) is 5.99. The van der Waals surface area contributed by atoms with E-state index in [0.29, 0.717) is 0 Å². The van der Waals surface area contributed by atoms with Crippen LogP contribution in [-0.4, -0.2) is 37.9 Å². The van der Waals surface area contributed by atoms with Crippen molar-refractivity contribution in [3.8, 4) is 11.1 Å². The van der Waals surface area contributed by atoms with Gasteiger partial charge in [-0.15, -0.1) is 0 Å². The van der Waals surface area contributed by atoms with Gasteiger partial charge < -0.3 is 19.7 Å².